The van der Waals surface area contributed by atoms with Gasteiger partial charge in [0.2, 0.25) is 5.95 Å². The summed E-state index contributed by atoms with van der Waals surface area (Å²) < 4.78 is 0. The molecule has 1 aliphatic rings. The molecule has 0 unspecified atom stereocenters. The van der Waals surface area contributed by atoms with E-state index in [4.69, 9.17) is 0 Å². The number of hydrogen-bond acceptors (Lipinski definition) is 4. The first-order valence-electron chi connectivity index (χ1n) is 8.24. The highest BCUT2D eigenvalue weighted by Crippen LogP contribution is 2.21. The molecule has 1 aromatic heterocycles. The number of anilines is 2. The molecule has 5 heteroatoms. The molecule has 23 heavy (non-hydrogen) atoms. The van der Waals surface area contributed by atoms with Crippen LogP contribution in [0.15, 0.2) is 42.6 Å². The molecular formula is C18H22N4O. The van der Waals surface area contributed by atoms with Crippen molar-refractivity contribution in [2.24, 2.45) is 0 Å². The minimum absolute atomic E-state index is 0.0115. The lowest BCUT2D eigenvalue weighted by atomic mass is 10.1. The minimum Gasteiger partial charge on any atom is -0.337 e. The number of para-hydroxylation sites is 1. The maximum absolute atomic E-state index is 12.6. The average molecular weight is 310 g/mol. The van der Waals surface area contributed by atoms with E-state index >= 15 is 0 Å². The zero-order chi connectivity index (χ0) is 16.1. The predicted molar refractivity (Wildman–Crippen MR) is 90.9 cm³/mol. The fraction of sp³-hybridized carbons (Fsp3) is 0.389. The van der Waals surface area contributed by atoms with E-state index in [1.165, 1.54) is 6.42 Å². The van der Waals surface area contributed by atoms with Gasteiger partial charge in [-0.05, 0) is 44.4 Å². The molecular weight excluding hydrogens is 288 g/mol. The second-order valence-corrected chi connectivity index (χ2v) is 5.67. The number of likely N-dealkylation sites (tertiary alicyclic amines) is 1. The number of piperidine rings is 1. The Labute approximate surface area is 137 Å². The van der Waals surface area contributed by atoms with Gasteiger partial charge in [0.05, 0.1) is 0 Å². The maximum Gasteiger partial charge on any atom is 0.272 e. The molecule has 5 nitrogen and oxygen atoms in total. The molecule has 2 heterocycles. The van der Waals surface area contributed by atoms with Gasteiger partial charge in [-0.15, -0.1) is 0 Å². The summed E-state index contributed by atoms with van der Waals surface area (Å²) in [4.78, 5) is 25.4. The molecule has 2 aromatic rings. The van der Waals surface area contributed by atoms with Gasteiger partial charge in [0, 0.05) is 31.5 Å². The summed E-state index contributed by atoms with van der Waals surface area (Å²) in [6.45, 7) is 4.45. The van der Waals surface area contributed by atoms with Crippen molar-refractivity contribution in [3.8, 4) is 0 Å². The third-order valence-corrected chi connectivity index (χ3v) is 4.13. The van der Waals surface area contributed by atoms with Crippen molar-refractivity contribution in [2.75, 3.05) is 24.5 Å². The van der Waals surface area contributed by atoms with Crippen molar-refractivity contribution >= 4 is 17.5 Å². The fourth-order valence-electron chi connectivity index (χ4n) is 2.90. The van der Waals surface area contributed by atoms with E-state index in [9.17, 15) is 4.79 Å². The van der Waals surface area contributed by atoms with Crippen LogP contribution in [0.2, 0.25) is 0 Å². The molecule has 0 bridgehead atoms. The zero-order valence-corrected chi connectivity index (χ0v) is 13.5. The Morgan fingerprint density at radius 3 is 2.57 bits per heavy atom. The highest BCUT2D eigenvalue weighted by atomic mass is 16.2. The Morgan fingerprint density at radius 2 is 1.87 bits per heavy atom. The Kier molecular flexibility index (Phi) is 4.86. The topological polar surface area (TPSA) is 49.3 Å². The van der Waals surface area contributed by atoms with E-state index in [0.717, 1.165) is 38.2 Å². The number of amides is 1. The molecule has 3 rings (SSSR count). The van der Waals surface area contributed by atoms with E-state index in [0.29, 0.717) is 11.6 Å². The summed E-state index contributed by atoms with van der Waals surface area (Å²) in [5.41, 5.74) is 1.50. The van der Waals surface area contributed by atoms with E-state index in [1.54, 1.807) is 12.3 Å². The van der Waals surface area contributed by atoms with E-state index in [1.807, 2.05) is 40.1 Å². The van der Waals surface area contributed by atoms with Gasteiger partial charge in [0.25, 0.3) is 5.91 Å². The Morgan fingerprint density at radius 1 is 1.13 bits per heavy atom. The van der Waals surface area contributed by atoms with Crippen LogP contribution in [0.4, 0.5) is 11.6 Å². The van der Waals surface area contributed by atoms with E-state index in [2.05, 4.69) is 16.9 Å². The number of hydrogen-bond donors (Lipinski definition) is 0. The number of carbonyl (C=O) groups is 1. The molecule has 120 valence electrons. The molecule has 0 radical (unpaired) electrons. The predicted octanol–water partition coefficient (Wildman–Crippen LogP) is 3.26. The SMILES string of the molecule is CCN(c1ccccc1)c1nccc(C(=O)N2CCCCC2)n1. The Balaban J connectivity index is 1.85. The second-order valence-electron chi connectivity index (χ2n) is 5.67. The van der Waals surface area contributed by atoms with Crippen LogP contribution in [-0.2, 0) is 0 Å². The average Bonchev–Trinajstić information content (AvgIpc) is 2.64. The molecule has 0 saturated carbocycles. The largest absolute Gasteiger partial charge is 0.337 e. The lowest BCUT2D eigenvalue weighted by Gasteiger charge is -2.27. The van der Waals surface area contributed by atoms with Crippen LogP contribution in [0.5, 0.6) is 0 Å². The van der Waals surface area contributed by atoms with Crippen LogP contribution in [0.25, 0.3) is 0 Å². The fourth-order valence-corrected chi connectivity index (χ4v) is 2.90. The van der Waals surface area contributed by atoms with Crippen LogP contribution in [0.1, 0.15) is 36.7 Å². The first-order chi connectivity index (χ1) is 11.3. The normalized spacial score (nSPS) is 14.6. The van der Waals surface area contributed by atoms with Gasteiger partial charge < -0.3 is 9.80 Å². The molecule has 0 spiro atoms. The molecule has 0 N–H and O–H groups in total. The van der Waals surface area contributed by atoms with Crippen molar-refractivity contribution in [3.63, 3.8) is 0 Å². The third kappa shape index (κ3) is 3.50. The molecule has 1 aliphatic heterocycles. The highest BCUT2D eigenvalue weighted by molar-refractivity contribution is 5.92. The molecule has 1 amide bonds. The molecule has 0 atom stereocenters. The van der Waals surface area contributed by atoms with E-state index < -0.39 is 0 Å². The summed E-state index contributed by atoms with van der Waals surface area (Å²) in [6.07, 6.45) is 5.03. The minimum atomic E-state index is 0.0115. The first-order valence-corrected chi connectivity index (χ1v) is 8.24. The summed E-state index contributed by atoms with van der Waals surface area (Å²) >= 11 is 0. The van der Waals surface area contributed by atoms with Crippen molar-refractivity contribution in [2.45, 2.75) is 26.2 Å². The van der Waals surface area contributed by atoms with Gasteiger partial charge >= 0.3 is 0 Å². The molecule has 1 aromatic carbocycles. The summed E-state index contributed by atoms with van der Waals surface area (Å²) in [6, 6.07) is 11.7. The maximum atomic E-state index is 12.6. The third-order valence-electron chi connectivity index (χ3n) is 4.13. The van der Waals surface area contributed by atoms with Crippen LogP contribution >= 0.6 is 0 Å². The van der Waals surface area contributed by atoms with Gasteiger partial charge in [-0.25, -0.2) is 9.97 Å². The van der Waals surface area contributed by atoms with Crippen LogP contribution < -0.4 is 4.90 Å². The second kappa shape index (κ2) is 7.22. The highest BCUT2D eigenvalue weighted by Gasteiger charge is 2.20. The quantitative estimate of drug-likeness (QED) is 0.869. The monoisotopic (exact) mass is 310 g/mol. The zero-order valence-electron chi connectivity index (χ0n) is 13.5. The van der Waals surface area contributed by atoms with Crippen LogP contribution in [0.3, 0.4) is 0 Å². The van der Waals surface area contributed by atoms with Crippen LogP contribution in [-0.4, -0.2) is 40.4 Å². The van der Waals surface area contributed by atoms with E-state index in [-0.39, 0.29) is 5.91 Å². The summed E-state index contributed by atoms with van der Waals surface area (Å²) in [5.74, 6) is 0.582. The van der Waals surface area contributed by atoms with Crippen molar-refractivity contribution < 1.29 is 4.79 Å². The lowest BCUT2D eigenvalue weighted by molar-refractivity contribution is 0.0718. The Hall–Kier alpha value is -2.43. The van der Waals surface area contributed by atoms with Gasteiger partial charge in [-0.3, -0.25) is 4.79 Å². The van der Waals surface area contributed by atoms with Crippen molar-refractivity contribution in [3.05, 3.63) is 48.3 Å². The first kappa shape index (κ1) is 15.5. The van der Waals surface area contributed by atoms with Gasteiger partial charge in [0.1, 0.15) is 5.69 Å². The Bertz CT molecular complexity index is 653. The van der Waals surface area contributed by atoms with Gasteiger partial charge in [-0.2, -0.15) is 0 Å². The summed E-state index contributed by atoms with van der Waals surface area (Å²) in [7, 11) is 0. The summed E-state index contributed by atoms with van der Waals surface area (Å²) in [5, 5.41) is 0. The number of rotatable bonds is 4. The number of aromatic nitrogens is 2. The standard InChI is InChI=1S/C18H22N4O/c1-2-22(15-9-5-3-6-10-15)18-19-12-11-16(20-18)17(23)21-13-7-4-8-14-21/h3,5-6,9-12H,2,4,7-8,13-14H2,1H3. The lowest BCUT2D eigenvalue weighted by Crippen LogP contribution is -2.36. The molecule has 0 aliphatic carbocycles. The number of nitrogens with zero attached hydrogens (tertiary/aromatic N) is 4. The number of benzene rings is 1. The van der Waals surface area contributed by atoms with Crippen molar-refractivity contribution in [1.29, 1.82) is 0 Å². The smallest absolute Gasteiger partial charge is 0.272 e. The van der Waals surface area contributed by atoms with Crippen LogP contribution in [0, 0.1) is 0 Å². The molecule has 1 saturated heterocycles. The van der Waals surface area contributed by atoms with Crippen molar-refractivity contribution in [1.82, 2.24) is 14.9 Å². The number of carbonyl (C=O) groups excluding carboxylic acids is 1. The van der Waals surface area contributed by atoms with Gasteiger partial charge in [0.15, 0.2) is 0 Å². The van der Waals surface area contributed by atoms with Gasteiger partial charge in [-0.1, -0.05) is 18.2 Å². The molecule has 1 fully saturated rings.